The molecular formula is C31H45N5O9. The Morgan fingerprint density at radius 3 is 2.22 bits per heavy atom. The molecule has 6 atom stereocenters. The fraction of sp³-hybridized carbons (Fsp3) is 0.548. The lowest BCUT2D eigenvalue weighted by atomic mass is 10.0. The van der Waals surface area contributed by atoms with Gasteiger partial charge in [-0.05, 0) is 38.5 Å². The minimum atomic E-state index is -2.01. The number of ether oxygens (including phenoxy) is 1. The Labute approximate surface area is 262 Å². The van der Waals surface area contributed by atoms with Gasteiger partial charge in [0.1, 0.15) is 6.04 Å². The SMILES string of the molecule is C=CCCCCCC/C=C/C=C/C=C/CC1NC(=O)CNC(=O)C(CCC(N)=O)NC(=O)C(O)C2OC(=O)CC2NC(=O)C1O. The number of hydrogen-bond donors (Lipinski definition) is 7. The van der Waals surface area contributed by atoms with Crippen LogP contribution in [0, 0.1) is 0 Å². The number of esters is 1. The second kappa shape index (κ2) is 19.9. The lowest BCUT2D eigenvalue weighted by molar-refractivity contribution is -0.151. The number of nitrogens with two attached hydrogens (primary N) is 1. The van der Waals surface area contributed by atoms with E-state index in [-0.39, 0.29) is 19.3 Å². The number of fused-ring (bicyclic) bond motifs is 1. The van der Waals surface area contributed by atoms with E-state index < -0.39 is 84.9 Å². The predicted octanol–water partition coefficient (Wildman–Crippen LogP) is -0.541. The van der Waals surface area contributed by atoms with E-state index in [0.29, 0.717) is 0 Å². The first-order valence-corrected chi connectivity index (χ1v) is 15.1. The predicted molar refractivity (Wildman–Crippen MR) is 164 cm³/mol. The number of allylic oxidation sites excluding steroid dienone is 6. The van der Waals surface area contributed by atoms with Crippen LogP contribution in [0.4, 0.5) is 0 Å². The van der Waals surface area contributed by atoms with Crippen LogP contribution in [0.3, 0.4) is 0 Å². The molecule has 0 saturated carbocycles. The molecule has 45 heavy (non-hydrogen) atoms. The summed E-state index contributed by atoms with van der Waals surface area (Å²) >= 11 is 0. The monoisotopic (exact) mass is 631 g/mol. The van der Waals surface area contributed by atoms with E-state index in [2.05, 4.69) is 33.9 Å². The Morgan fingerprint density at radius 2 is 1.53 bits per heavy atom. The van der Waals surface area contributed by atoms with Crippen LogP contribution >= 0.6 is 0 Å². The number of hydrogen-bond acceptors (Lipinski definition) is 9. The van der Waals surface area contributed by atoms with Gasteiger partial charge in [0.05, 0.1) is 25.0 Å². The molecule has 0 spiro atoms. The summed E-state index contributed by atoms with van der Waals surface area (Å²) in [6, 6.07) is -3.71. The van der Waals surface area contributed by atoms with Gasteiger partial charge in [-0.1, -0.05) is 55.4 Å². The molecule has 2 saturated heterocycles. The first-order valence-electron chi connectivity index (χ1n) is 15.1. The van der Waals surface area contributed by atoms with Crippen molar-refractivity contribution in [2.45, 2.75) is 101 Å². The molecule has 248 valence electrons. The number of amides is 5. The van der Waals surface area contributed by atoms with Crippen molar-refractivity contribution in [3.63, 3.8) is 0 Å². The van der Waals surface area contributed by atoms with Crippen molar-refractivity contribution in [1.82, 2.24) is 21.3 Å². The molecule has 8 N–H and O–H groups in total. The van der Waals surface area contributed by atoms with Gasteiger partial charge in [0.25, 0.3) is 11.8 Å². The van der Waals surface area contributed by atoms with Gasteiger partial charge in [-0.3, -0.25) is 28.8 Å². The largest absolute Gasteiger partial charge is 0.457 e. The molecule has 2 aliphatic rings. The molecule has 2 aliphatic heterocycles. The number of carbonyl (C=O) groups is 6. The Kier molecular flexibility index (Phi) is 16.3. The standard InChI is InChI=1S/C31H45N5O9/c1-2-3-4-5-6-7-8-9-10-11-12-13-14-15-20-26(40)30(43)36-22-18-25(39)45-28(22)27(41)31(44)35-21(16-17-23(32)37)29(42)33-19-24(38)34-20/h2,9-14,20-22,26-28,40-41H,1,3-8,15-19H2,(H2,32,37)(H,33,42)(H,34,38)(H,35,44)(H,36,43)/b10-9+,12-11+,14-13+. The molecule has 14 nitrogen and oxygen atoms in total. The van der Waals surface area contributed by atoms with Crippen molar-refractivity contribution in [2.75, 3.05) is 6.54 Å². The maximum absolute atomic E-state index is 13.0. The molecule has 14 heteroatoms. The van der Waals surface area contributed by atoms with E-state index in [4.69, 9.17) is 10.5 Å². The first-order chi connectivity index (χ1) is 21.5. The lowest BCUT2D eigenvalue weighted by Crippen LogP contribution is -2.57. The van der Waals surface area contributed by atoms with Crippen molar-refractivity contribution in [3.05, 3.63) is 49.1 Å². The molecule has 6 unspecified atom stereocenters. The maximum atomic E-state index is 13.0. The summed E-state index contributed by atoms with van der Waals surface area (Å²) in [5.74, 6) is -5.25. The third-order valence-corrected chi connectivity index (χ3v) is 7.21. The quantitative estimate of drug-likeness (QED) is 0.0565. The maximum Gasteiger partial charge on any atom is 0.308 e. The van der Waals surface area contributed by atoms with Crippen molar-refractivity contribution < 1.29 is 43.7 Å². The van der Waals surface area contributed by atoms with E-state index in [1.54, 1.807) is 18.2 Å². The van der Waals surface area contributed by atoms with Gasteiger partial charge in [0.15, 0.2) is 18.3 Å². The van der Waals surface area contributed by atoms with E-state index in [0.717, 1.165) is 32.1 Å². The van der Waals surface area contributed by atoms with Crippen LogP contribution in [0.15, 0.2) is 49.1 Å². The minimum Gasteiger partial charge on any atom is -0.457 e. The summed E-state index contributed by atoms with van der Waals surface area (Å²) in [7, 11) is 0. The first kappa shape index (κ1) is 36.9. The topological polar surface area (TPSA) is 226 Å². The Balaban J connectivity index is 2.12. The van der Waals surface area contributed by atoms with Crippen LogP contribution in [0.1, 0.15) is 64.2 Å². The second-order valence-electron chi connectivity index (χ2n) is 10.9. The van der Waals surface area contributed by atoms with Crippen molar-refractivity contribution >= 4 is 35.5 Å². The summed E-state index contributed by atoms with van der Waals surface area (Å²) in [6.45, 7) is 3.13. The molecular weight excluding hydrogens is 586 g/mol. The van der Waals surface area contributed by atoms with Gasteiger partial charge >= 0.3 is 5.97 Å². The molecule has 0 aromatic rings. The molecule has 0 aromatic heterocycles. The smallest absolute Gasteiger partial charge is 0.308 e. The number of aliphatic hydroxyl groups excluding tert-OH is 2. The number of unbranched alkanes of at least 4 members (excludes halogenated alkanes) is 5. The van der Waals surface area contributed by atoms with Crippen LogP contribution in [-0.4, -0.2) is 88.7 Å². The van der Waals surface area contributed by atoms with Gasteiger partial charge in [0, 0.05) is 6.42 Å². The van der Waals surface area contributed by atoms with E-state index >= 15 is 0 Å². The summed E-state index contributed by atoms with van der Waals surface area (Å²) in [6.07, 6.45) is 13.1. The Bertz CT molecular complexity index is 1150. The van der Waals surface area contributed by atoms with Gasteiger partial charge in [-0.25, -0.2) is 0 Å². The van der Waals surface area contributed by atoms with Crippen LogP contribution < -0.4 is 27.0 Å². The molecule has 5 amide bonds. The van der Waals surface area contributed by atoms with Gasteiger partial charge in [0.2, 0.25) is 17.7 Å². The van der Waals surface area contributed by atoms with Crippen molar-refractivity contribution in [1.29, 1.82) is 0 Å². The minimum absolute atomic E-state index is 0.0143. The van der Waals surface area contributed by atoms with Crippen LogP contribution in [0.5, 0.6) is 0 Å². The highest BCUT2D eigenvalue weighted by molar-refractivity contribution is 5.93. The average molecular weight is 632 g/mol. The fourth-order valence-corrected chi connectivity index (χ4v) is 4.73. The average Bonchev–Trinajstić information content (AvgIpc) is 3.37. The molecule has 0 radical (unpaired) electrons. The van der Waals surface area contributed by atoms with Gasteiger partial charge < -0.3 is 42.0 Å². The zero-order valence-electron chi connectivity index (χ0n) is 25.3. The molecule has 2 heterocycles. The zero-order chi connectivity index (χ0) is 33.2. The second-order valence-corrected chi connectivity index (χ2v) is 10.9. The highest BCUT2D eigenvalue weighted by atomic mass is 16.6. The Hall–Kier alpha value is -4.30. The number of aliphatic hydroxyl groups is 2. The van der Waals surface area contributed by atoms with E-state index in [9.17, 15) is 39.0 Å². The zero-order valence-corrected chi connectivity index (χ0v) is 25.3. The molecule has 0 bridgehead atoms. The van der Waals surface area contributed by atoms with E-state index in [1.807, 2.05) is 18.2 Å². The number of carbonyl (C=O) groups excluding carboxylic acids is 6. The van der Waals surface area contributed by atoms with Crippen molar-refractivity contribution in [2.24, 2.45) is 5.73 Å². The summed E-state index contributed by atoms with van der Waals surface area (Å²) < 4.78 is 5.06. The molecule has 0 aromatic carbocycles. The molecule has 2 rings (SSSR count). The summed E-state index contributed by atoms with van der Waals surface area (Å²) in [5, 5.41) is 31.0. The van der Waals surface area contributed by atoms with Crippen molar-refractivity contribution in [3.8, 4) is 0 Å². The third kappa shape index (κ3) is 13.5. The number of rotatable bonds is 14. The van der Waals surface area contributed by atoms with Crippen LogP contribution in [0.25, 0.3) is 0 Å². The van der Waals surface area contributed by atoms with E-state index in [1.165, 1.54) is 6.42 Å². The normalized spacial score (nSPS) is 26.8. The molecule has 0 aliphatic carbocycles. The fourth-order valence-electron chi connectivity index (χ4n) is 4.73. The summed E-state index contributed by atoms with van der Waals surface area (Å²) in [4.78, 5) is 74.5. The summed E-state index contributed by atoms with van der Waals surface area (Å²) in [5.41, 5.74) is 5.17. The number of primary amides is 1. The number of nitrogens with one attached hydrogen (secondary N) is 4. The highest BCUT2D eigenvalue weighted by Crippen LogP contribution is 2.20. The van der Waals surface area contributed by atoms with Gasteiger partial charge in [-0.2, -0.15) is 0 Å². The highest BCUT2D eigenvalue weighted by Gasteiger charge is 2.45. The van der Waals surface area contributed by atoms with Gasteiger partial charge in [-0.15, -0.1) is 6.58 Å². The van der Waals surface area contributed by atoms with Crippen LogP contribution in [0.2, 0.25) is 0 Å². The Morgan fingerprint density at radius 1 is 0.867 bits per heavy atom. The van der Waals surface area contributed by atoms with Crippen LogP contribution in [-0.2, 0) is 33.5 Å². The third-order valence-electron chi connectivity index (χ3n) is 7.21. The lowest BCUT2D eigenvalue weighted by Gasteiger charge is -2.26. The molecule has 2 fully saturated rings.